The Hall–Kier alpha value is -1.81. The highest BCUT2D eigenvalue weighted by atomic mass is 16.5. The minimum Gasteiger partial charge on any atom is -0.373 e. The molecule has 1 aliphatic rings. The van der Waals surface area contributed by atoms with Crippen LogP contribution in [0.2, 0.25) is 0 Å². The fourth-order valence-electron chi connectivity index (χ4n) is 2.84. The highest BCUT2D eigenvalue weighted by Crippen LogP contribution is 2.33. The van der Waals surface area contributed by atoms with E-state index < -0.39 is 0 Å². The highest BCUT2D eigenvalue weighted by molar-refractivity contribution is 5.74. The molecule has 2 amide bonds. The number of ether oxygens (including phenoxy) is 1. The number of nitrogens with one attached hydrogen (secondary N) is 1. The first-order chi connectivity index (χ1) is 10.6. The van der Waals surface area contributed by atoms with Gasteiger partial charge in [-0.05, 0) is 25.8 Å². The van der Waals surface area contributed by atoms with Crippen LogP contribution in [0.25, 0.3) is 0 Å². The van der Waals surface area contributed by atoms with Crippen molar-refractivity contribution in [3.05, 3.63) is 48.0 Å². The molecule has 2 rings (SSSR count). The lowest BCUT2D eigenvalue weighted by atomic mass is 9.95. The summed E-state index contributed by atoms with van der Waals surface area (Å²) >= 11 is 0. The first-order valence-corrected chi connectivity index (χ1v) is 7.95. The van der Waals surface area contributed by atoms with Crippen LogP contribution in [0.1, 0.15) is 31.9 Å². The molecule has 1 aliphatic heterocycles. The molecule has 0 radical (unpaired) electrons. The fraction of sp³-hybridized carbons (Fsp3) is 0.500. The summed E-state index contributed by atoms with van der Waals surface area (Å²) in [5, 5.41) is 3.05. The molecule has 22 heavy (non-hydrogen) atoms. The summed E-state index contributed by atoms with van der Waals surface area (Å²) in [5.41, 5.74) is 2.18. The maximum absolute atomic E-state index is 12.2. The van der Waals surface area contributed by atoms with Crippen LogP contribution in [0.3, 0.4) is 0 Å². The summed E-state index contributed by atoms with van der Waals surface area (Å²) in [6, 6.07) is 10.2. The lowest BCUT2D eigenvalue weighted by Gasteiger charge is -2.24. The SMILES string of the molecule is C=C(C)CN(CC)C(=O)NC[C@H]1CCO[C@H]1c1ccccc1. The first kappa shape index (κ1) is 16.6. The molecule has 0 unspecified atom stereocenters. The lowest BCUT2D eigenvalue weighted by Crippen LogP contribution is -2.42. The van der Waals surface area contributed by atoms with Crippen LogP contribution >= 0.6 is 0 Å². The molecule has 1 aromatic carbocycles. The Morgan fingerprint density at radius 3 is 2.77 bits per heavy atom. The van der Waals surface area contributed by atoms with Gasteiger partial charge in [0.1, 0.15) is 0 Å². The number of nitrogens with zero attached hydrogens (tertiary/aromatic N) is 1. The molecule has 4 nitrogen and oxygen atoms in total. The molecule has 1 saturated heterocycles. The Bertz CT molecular complexity index is 501. The van der Waals surface area contributed by atoms with Crippen molar-refractivity contribution in [3.8, 4) is 0 Å². The Morgan fingerprint density at radius 2 is 2.14 bits per heavy atom. The average Bonchev–Trinajstić information content (AvgIpc) is 2.99. The van der Waals surface area contributed by atoms with E-state index in [-0.39, 0.29) is 12.1 Å². The van der Waals surface area contributed by atoms with Gasteiger partial charge in [-0.2, -0.15) is 0 Å². The van der Waals surface area contributed by atoms with E-state index in [0.29, 0.717) is 25.6 Å². The maximum Gasteiger partial charge on any atom is 0.317 e. The number of benzene rings is 1. The second kappa shape index (κ2) is 7.99. The van der Waals surface area contributed by atoms with Crippen molar-refractivity contribution < 1.29 is 9.53 Å². The zero-order valence-corrected chi connectivity index (χ0v) is 13.5. The number of urea groups is 1. The van der Waals surface area contributed by atoms with Gasteiger partial charge >= 0.3 is 6.03 Å². The highest BCUT2D eigenvalue weighted by Gasteiger charge is 2.30. The zero-order valence-electron chi connectivity index (χ0n) is 13.5. The van der Waals surface area contributed by atoms with Crippen molar-refractivity contribution in [2.45, 2.75) is 26.4 Å². The van der Waals surface area contributed by atoms with Crippen LogP contribution in [0.5, 0.6) is 0 Å². The van der Waals surface area contributed by atoms with Crippen LogP contribution in [0.4, 0.5) is 4.79 Å². The van der Waals surface area contributed by atoms with Gasteiger partial charge in [-0.3, -0.25) is 0 Å². The Balaban J connectivity index is 1.90. The van der Waals surface area contributed by atoms with E-state index in [1.54, 1.807) is 4.90 Å². The third-order valence-corrected chi connectivity index (χ3v) is 3.99. The number of carbonyl (C=O) groups excluding carboxylic acids is 1. The third-order valence-electron chi connectivity index (χ3n) is 3.99. The molecule has 2 atom stereocenters. The molecule has 0 spiro atoms. The van der Waals surface area contributed by atoms with E-state index in [2.05, 4.69) is 24.0 Å². The number of carbonyl (C=O) groups is 1. The molecule has 1 fully saturated rings. The zero-order chi connectivity index (χ0) is 15.9. The topological polar surface area (TPSA) is 41.6 Å². The largest absolute Gasteiger partial charge is 0.373 e. The van der Waals surface area contributed by atoms with Gasteiger partial charge in [-0.25, -0.2) is 4.79 Å². The molecule has 4 heteroatoms. The maximum atomic E-state index is 12.2. The molecule has 120 valence electrons. The summed E-state index contributed by atoms with van der Waals surface area (Å²) in [7, 11) is 0. The van der Waals surface area contributed by atoms with E-state index in [1.165, 1.54) is 5.56 Å². The fourth-order valence-corrected chi connectivity index (χ4v) is 2.84. The van der Waals surface area contributed by atoms with E-state index in [1.807, 2.05) is 32.0 Å². The summed E-state index contributed by atoms with van der Waals surface area (Å²) in [6.07, 6.45) is 1.06. The van der Waals surface area contributed by atoms with Crippen molar-refractivity contribution in [2.75, 3.05) is 26.2 Å². The van der Waals surface area contributed by atoms with Crippen LogP contribution < -0.4 is 5.32 Å². The van der Waals surface area contributed by atoms with E-state index in [9.17, 15) is 4.79 Å². The molecule has 1 aromatic rings. The monoisotopic (exact) mass is 302 g/mol. The van der Waals surface area contributed by atoms with Crippen molar-refractivity contribution >= 4 is 6.03 Å². The summed E-state index contributed by atoms with van der Waals surface area (Å²) < 4.78 is 5.86. The predicted octanol–water partition coefficient (Wildman–Crippen LogP) is 3.37. The molecular formula is C18H26N2O2. The van der Waals surface area contributed by atoms with Gasteiger partial charge in [0.05, 0.1) is 6.10 Å². The number of rotatable bonds is 6. The second-order valence-corrected chi connectivity index (χ2v) is 5.91. The Kier molecular flexibility index (Phi) is 6.01. The van der Waals surface area contributed by atoms with Gasteiger partial charge in [0.15, 0.2) is 0 Å². The number of amides is 2. The van der Waals surface area contributed by atoms with Gasteiger partial charge in [0, 0.05) is 32.2 Å². The Labute approximate surface area is 133 Å². The van der Waals surface area contributed by atoms with Gasteiger partial charge < -0.3 is 15.0 Å². The normalized spacial score (nSPS) is 20.6. The van der Waals surface area contributed by atoms with E-state index >= 15 is 0 Å². The quantitative estimate of drug-likeness (QED) is 0.819. The Morgan fingerprint density at radius 1 is 1.41 bits per heavy atom. The first-order valence-electron chi connectivity index (χ1n) is 7.95. The summed E-state index contributed by atoms with van der Waals surface area (Å²) in [6.45, 7) is 10.5. The number of hydrogen-bond donors (Lipinski definition) is 1. The second-order valence-electron chi connectivity index (χ2n) is 5.91. The van der Waals surface area contributed by atoms with Crippen molar-refractivity contribution in [2.24, 2.45) is 5.92 Å². The van der Waals surface area contributed by atoms with Crippen molar-refractivity contribution in [1.82, 2.24) is 10.2 Å². The molecule has 0 saturated carbocycles. The van der Waals surface area contributed by atoms with Gasteiger partial charge in [0.25, 0.3) is 0 Å². The van der Waals surface area contributed by atoms with Crippen LogP contribution in [0.15, 0.2) is 42.5 Å². The van der Waals surface area contributed by atoms with Gasteiger partial charge in [0.2, 0.25) is 0 Å². The molecule has 0 bridgehead atoms. The lowest BCUT2D eigenvalue weighted by molar-refractivity contribution is 0.0905. The number of likely N-dealkylation sites (N-methyl/N-ethyl adjacent to an activating group) is 1. The van der Waals surface area contributed by atoms with E-state index in [4.69, 9.17) is 4.74 Å². The van der Waals surface area contributed by atoms with Crippen molar-refractivity contribution in [1.29, 1.82) is 0 Å². The predicted molar refractivity (Wildman–Crippen MR) is 88.7 cm³/mol. The summed E-state index contributed by atoms with van der Waals surface area (Å²) in [4.78, 5) is 14.0. The van der Waals surface area contributed by atoms with Crippen LogP contribution in [0, 0.1) is 5.92 Å². The molecule has 1 heterocycles. The smallest absolute Gasteiger partial charge is 0.317 e. The van der Waals surface area contributed by atoms with Crippen molar-refractivity contribution in [3.63, 3.8) is 0 Å². The summed E-state index contributed by atoms with van der Waals surface area (Å²) in [5.74, 6) is 0.329. The minimum absolute atomic E-state index is 0.0239. The van der Waals surface area contributed by atoms with Crippen LogP contribution in [-0.2, 0) is 4.74 Å². The minimum atomic E-state index is -0.0239. The molecule has 0 aromatic heterocycles. The van der Waals surface area contributed by atoms with Gasteiger partial charge in [-0.15, -0.1) is 0 Å². The third kappa shape index (κ3) is 4.34. The molecule has 1 N–H and O–H groups in total. The van der Waals surface area contributed by atoms with E-state index in [0.717, 1.165) is 18.6 Å². The van der Waals surface area contributed by atoms with Crippen LogP contribution in [-0.4, -0.2) is 37.2 Å². The number of hydrogen-bond acceptors (Lipinski definition) is 2. The standard InChI is InChI=1S/C18H26N2O2/c1-4-20(13-14(2)3)18(21)19-12-16-10-11-22-17(16)15-8-6-5-7-9-15/h5-9,16-17H,2,4,10-13H2,1,3H3,(H,19,21)/t16-,17+/m1/s1. The van der Waals surface area contributed by atoms with Gasteiger partial charge in [-0.1, -0.05) is 42.5 Å². The average molecular weight is 302 g/mol. The molecule has 0 aliphatic carbocycles. The molecular weight excluding hydrogens is 276 g/mol.